The molecular formula is C24H24F2N2O5. The van der Waals surface area contributed by atoms with Gasteiger partial charge in [-0.15, -0.1) is 0 Å². The van der Waals surface area contributed by atoms with E-state index in [1.165, 1.54) is 12.1 Å². The van der Waals surface area contributed by atoms with Crippen LogP contribution in [0.4, 0.5) is 13.6 Å². The number of nitrogens with zero attached hydrogens (tertiary/aromatic N) is 1. The third-order valence-electron chi connectivity index (χ3n) is 4.55. The summed E-state index contributed by atoms with van der Waals surface area (Å²) in [6.45, 7) is 2.26. The highest BCUT2D eigenvalue weighted by Gasteiger charge is 2.21. The fourth-order valence-corrected chi connectivity index (χ4v) is 3.11. The second-order valence-electron chi connectivity index (χ2n) is 7.15. The van der Waals surface area contributed by atoms with Crippen LogP contribution in [-0.2, 0) is 28.9 Å². The molecule has 1 aromatic heterocycles. The molecule has 0 bridgehead atoms. The summed E-state index contributed by atoms with van der Waals surface area (Å²) in [5, 5.41) is 2.64. The summed E-state index contributed by atoms with van der Waals surface area (Å²) >= 11 is 0. The number of carbonyl (C=O) groups excluding carboxylic acids is 2. The van der Waals surface area contributed by atoms with Crippen molar-refractivity contribution in [1.29, 1.82) is 0 Å². The number of benzene rings is 2. The molecule has 0 aliphatic heterocycles. The minimum Gasteiger partial charge on any atom is -0.460 e. The lowest BCUT2D eigenvalue weighted by molar-refractivity contribution is 0.0486. The fourth-order valence-electron chi connectivity index (χ4n) is 3.11. The number of halogens is 2. The number of alkyl carbamates (subject to hydrolysis) is 1. The number of esters is 1. The molecule has 33 heavy (non-hydrogen) atoms. The molecule has 0 spiro atoms. The van der Waals surface area contributed by atoms with E-state index in [9.17, 15) is 18.4 Å². The molecule has 0 atom stereocenters. The standard InChI is InChI=1S/C24H24F2N2O5/c1-2-31-23(29)22-20(28-21(33-22)13-17-11-18(25)14-19(26)12-17)9-6-10-27-24(30)32-15-16-7-4-3-5-8-16/h3-5,7-8,11-12,14H,2,6,9-10,13,15H2,1H3,(H,27,30). The van der Waals surface area contributed by atoms with E-state index >= 15 is 0 Å². The molecule has 1 N–H and O–H groups in total. The minimum atomic E-state index is -0.715. The molecular weight excluding hydrogens is 434 g/mol. The van der Waals surface area contributed by atoms with Crippen LogP contribution >= 0.6 is 0 Å². The predicted molar refractivity (Wildman–Crippen MR) is 115 cm³/mol. The molecule has 1 heterocycles. The van der Waals surface area contributed by atoms with Crippen LogP contribution in [0.15, 0.2) is 52.9 Å². The van der Waals surface area contributed by atoms with Crippen LogP contribution < -0.4 is 5.32 Å². The summed E-state index contributed by atoms with van der Waals surface area (Å²) < 4.78 is 42.6. The normalized spacial score (nSPS) is 10.6. The van der Waals surface area contributed by atoms with Gasteiger partial charge in [-0.2, -0.15) is 0 Å². The van der Waals surface area contributed by atoms with Crippen LogP contribution in [0, 0.1) is 11.6 Å². The van der Waals surface area contributed by atoms with E-state index in [4.69, 9.17) is 13.9 Å². The van der Waals surface area contributed by atoms with Crippen molar-refractivity contribution in [1.82, 2.24) is 10.3 Å². The molecule has 3 aromatic rings. The Morgan fingerprint density at radius 1 is 1.03 bits per heavy atom. The van der Waals surface area contributed by atoms with Gasteiger partial charge < -0.3 is 19.2 Å². The van der Waals surface area contributed by atoms with E-state index in [0.717, 1.165) is 11.6 Å². The lowest BCUT2D eigenvalue weighted by Crippen LogP contribution is -2.25. The third-order valence-corrected chi connectivity index (χ3v) is 4.55. The molecule has 9 heteroatoms. The number of hydrogen-bond donors (Lipinski definition) is 1. The van der Waals surface area contributed by atoms with Crippen molar-refractivity contribution in [3.63, 3.8) is 0 Å². The second-order valence-corrected chi connectivity index (χ2v) is 7.15. The monoisotopic (exact) mass is 458 g/mol. The first-order valence-corrected chi connectivity index (χ1v) is 10.5. The number of carbonyl (C=O) groups is 2. The van der Waals surface area contributed by atoms with Crippen molar-refractivity contribution in [2.24, 2.45) is 0 Å². The molecule has 2 aromatic carbocycles. The molecule has 0 saturated carbocycles. The number of ether oxygens (including phenoxy) is 2. The molecule has 0 fully saturated rings. The number of oxazole rings is 1. The Hall–Kier alpha value is -3.75. The van der Waals surface area contributed by atoms with Gasteiger partial charge in [0.05, 0.1) is 12.3 Å². The Labute approximate surface area is 189 Å². The van der Waals surface area contributed by atoms with E-state index in [1.807, 2.05) is 30.3 Å². The van der Waals surface area contributed by atoms with E-state index in [2.05, 4.69) is 10.3 Å². The lowest BCUT2D eigenvalue weighted by Gasteiger charge is -2.07. The zero-order valence-electron chi connectivity index (χ0n) is 18.1. The average Bonchev–Trinajstić information content (AvgIpc) is 3.18. The Morgan fingerprint density at radius 2 is 1.76 bits per heavy atom. The van der Waals surface area contributed by atoms with Gasteiger partial charge in [0, 0.05) is 19.0 Å². The average molecular weight is 458 g/mol. The number of rotatable bonds is 10. The van der Waals surface area contributed by atoms with Gasteiger partial charge in [0.25, 0.3) is 0 Å². The van der Waals surface area contributed by atoms with E-state index in [0.29, 0.717) is 24.1 Å². The predicted octanol–water partition coefficient (Wildman–Crippen LogP) is 4.58. The smallest absolute Gasteiger partial charge is 0.407 e. The van der Waals surface area contributed by atoms with Gasteiger partial charge in [-0.25, -0.2) is 23.4 Å². The summed E-state index contributed by atoms with van der Waals surface area (Å²) in [6.07, 6.45) is 0.214. The Balaban J connectivity index is 1.56. The topological polar surface area (TPSA) is 90.7 Å². The van der Waals surface area contributed by atoms with Crippen LogP contribution in [0.2, 0.25) is 0 Å². The van der Waals surface area contributed by atoms with Crippen LogP contribution in [0.3, 0.4) is 0 Å². The lowest BCUT2D eigenvalue weighted by atomic mass is 10.1. The van der Waals surface area contributed by atoms with Crippen LogP contribution in [0.25, 0.3) is 0 Å². The van der Waals surface area contributed by atoms with E-state index in [1.54, 1.807) is 6.92 Å². The van der Waals surface area contributed by atoms with Gasteiger partial charge in [-0.1, -0.05) is 30.3 Å². The Bertz CT molecular complexity index is 1070. The van der Waals surface area contributed by atoms with Crippen molar-refractivity contribution in [2.45, 2.75) is 32.8 Å². The third kappa shape index (κ3) is 7.41. The Morgan fingerprint density at radius 3 is 2.45 bits per heavy atom. The van der Waals surface area contributed by atoms with Crippen molar-refractivity contribution in [3.8, 4) is 0 Å². The van der Waals surface area contributed by atoms with Gasteiger partial charge in [-0.3, -0.25) is 0 Å². The van der Waals surface area contributed by atoms with Gasteiger partial charge in [0.15, 0.2) is 5.89 Å². The molecule has 0 aliphatic carbocycles. The second kappa shape index (κ2) is 11.8. The number of aryl methyl sites for hydroxylation is 1. The Kier molecular flexibility index (Phi) is 8.51. The fraction of sp³-hybridized carbons (Fsp3) is 0.292. The molecule has 0 radical (unpaired) electrons. The zero-order chi connectivity index (χ0) is 23.6. The van der Waals surface area contributed by atoms with Crippen molar-refractivity contribution in [3.05, 3.63) is 88.6 Å². The molecule has 174 valence electrons. The summed E-state index contributed by atoms with van der Waals surface area (Å²) in [5.41, 5.74) is 1.54. The van der Waals surface area contributed by atoms with E-state index in [-0.39, 0.29) is 37.8 Å². The van der Waals surface area contributed by atoms with Gasteiger partial charge >= 0.3 is 12.1 Å². The quantitative estimate of drug-likeness (QED) is 0.353. The number of aromatic nitrogens is 1. The van der Waals surface area contributed by atoms with Gasteiger partial charge in [-0.05, 0) is 43.0 Å². The highest BCUT2D eigenvalue weighted by molar-refractivity contribution is 5.87. The summed E-state index contributed by atoms with van der Waals surface area (Å²) in [6, 6.07) is 12.4. The van der Waals surface area contributed by atoms with Crippen molar-refractivity contribution < 1.29 is 32.3 Å². The molecule has 7 nitrogen and oxygen atoms in total. The van der Waals surface area contributed by atoms with Crippen LogP contribution in [0.5, 0.6) is 0 Å². The number of amides is 1. The van der Waals surface area contributed by atoms with Crippen LogP contribution in [-0.4, -0.2) is 30.2 Å². The maximum absolute atomic E-state index is 13.5. The first-order valence-electron chi connectivity index (χ1n) is 10.5. The van der Waals surface area contributed by atoms with Gasteiger partial charge in [0.1, 0.15) is 18.2 Å². The number of nitrogens with one attached hydrogen (secondary N) is 1. The maximum Gasteiger partial charge on any atom is 0.407 e. The highest BCUT2D eigenvalue weighted by atomic mass is 19.1. The SMILES string of the molecule is CCOC(=O)c1oc(Cc2cc(F)cc(F)c2)nc1CCCNC(=O)OCc1ccccc1. The first-order chi connectivity index (χ1) is 15.9. The molecule has 3 rings (SSSR count). The molecule has 0 saturated heterocycles. The minimum absolute atomic E-state index is 0.00511. The summed E-state index contributed by atoms with van der Waals surface area (Å²) in [7, 11) is 0. The molecule has 0 aliphatic rings. The van der Waals surface area contributed by atoms with Crippen LogP contribution in [0.1, 0.15) is 46.6 Å². The molecule has 0 unspecified atom stereocenters. The van der Waals surface area contributed by atoms with Crippen molar-refractivity contribution in [2.75, 3.05) is 13.2 Å². The largest absolute Gasteiger partial charge is 0.460 e. The van der Waals surface area contributed by atoms with E-state index < -0.39 is 23.7 Å². The first kappa shape index (κ1) is 23.9. The molecule has 1 amide bonds. The van der Waals surface area contributed by atoms with Crippen molar-refractivity contribution >= 4 is 12.1 Å². The highest BCUT2D eigenvalue weighted by Crippen LogP contribution is 2.19. The zero-order valence-corrected chi connectivity index (χ0v) is 18.1. The maximum atomic E-state index is 13.5. The van der Waals surface area contributed by atoms with Gasteiger partial charge in [0.2, 0.25) is 5.76 Å². The summed E-state index contributed by atoms with van der Waals surface area (Å²) in [4.78, 5) is 28.4. The number of hydrogen-bond acceptors (Lipinski definition) is 6. The summed E-state index contributed by atoms with van der Waals surface area (Å²) in [5.74, 6) is -2.03.